The van der Waals surface area contributed by atoms with Gasteiger partial charge in [0, 0.05) is 9.84 Å². The van der Waals surface area contributed by atoms with Crippen molar-refractivity contribution in [3.63, 3.8) is 0 Å². The summed E-state index contributed by atoms with van der Waals surface area (Å²) >= 11 is 2.26. The molecule has 13 heavy (non-hydrogen) atoms. The Bertz CT molecular complexity index is 213. The first-order chi connectivity index (χ1) is 5.90. The lowest BCUT2D eigenvalue weighted by Gasteiger charge is -2.20. The van der Waals surface area contributed by atoms with Gasteiger partial charge in [-0.25, -0.2) is 4.79 Å². The van der Waals surface area contributed by atoms with E-state index in [9.17, 15) is 4.79 Å². The molecule has 0 radical (unpaired) electrons. The monoisotopic (exact) mass is 299 g/mol. The van der Waals surface area contributed by atoms with Crippen molar-refractivity contribution >= 4 is 34.3 Å². The molecule has 5 heteroatoms. The summed E-state index contributed by atoms with van der Waals surface area (Å²) in [6.45, 7) is 5.51. The highest BCUT2D eigenvalue weighted by Crippen LogP contribution is 2.20. The predicted octanol–water partition coefficient (Wildman–Crippen LogP) is 1.92. The first-order valence-corrected chi connectivity index (χ1v) is 5.37. The first kappa shape index (κ1) is 12.7. The van der Waals surface area contributed by atoms with Crippen LogP contribution in [0.2, 0.25) is 0 Å². The number of carboxylic acids is 1. The number of aliphatic carboxylic acids is 1. The maximum absolute atomic E-state index is 10.1. The highest BCUT2D eigenvalue weighted by atomic mass is 127. The van der Waals surface area contributed by atoms with Crippen LogP contribution in [0.25, 0.3) is 0 Å². The van der Waals surface area contributed by atoms with Crippen LogP contribution in [-0.2, 0) is 9.63 Å². The second-order valence-electron chi connectivity index (χ2n) is 3.36. The summed E-state index contributed by atoms with van der Waals surface area (Å²) in [4.78, 5) is 14.7. The molecule has 0 spiro atoms. The summed E-state index contributed by atoms with van der Waals surface area (Å²) < 4.78 is 0.913. The van der Waals surface area contributed by atoms with Crippen molar-refractivity contribution in [2.75, 3.05) is 11.0 Å². The Labute approximate surface area is 91.5 Å². The minimum absolute atomic E-state index is 0.0426. The summed E-state index contributed by atoms with van der Waals surface area (Å²) in [6, 6.07) is 0. The quantitative estimate of drug-likeness (QED) is 0.365. The third kappa shape index (κ3) is 5.07. The number of rotatable bonds is 5. The fourth-order valence-corrected chi connectivity index (χ4v) is 0.957. The summed E-state index contributed by atoms with van der Waals surface area (Å²) in [5, 5.41) is 12.0. The Morgan fingerprint density at radius 3 is 2.54 bits per heavy atom. The molecule has 0 aliphatic heterocycles. The zero-order chi connectivity index (χ0) is 10.5. The molecule has 0 bridgehead atoms. The predicted molar refractivity (Wildman–Crippen MR) is 59.4 cm³/mol. The number of hydrogen-bond acceptors (Lipinski definition) is 3. The van der Waals surface area contributed by atoms with Gasteiger partial charge in [0.05, 0.1) is 5.71 Å². The van der Waals surface area contributed by atoms with Crippen molar-refractivity contribution in [1.82, 2.24) is 0 Å². The van der Waals surface area contributed by atoms with Crippen LogP contribution < -0.4 is 0 Å². The molecule has 0 heterocycles. The molecule has 0 fully saturated rings. The third-order valence-electron chi connectivity index (χ3n) is 1.70. The van der Waals surface area contributed by atoms with Gasteiger partial charge in [-0.3, -0.25) is 0 Å². The van der Waals surface area contributed by atoms with E-state index in [1.54, 1.807) is 0 Å². The molecule has 0 saturated heterocycles. The molecule has 4 nitrogen and oxygen atoms in total. The Kier molecular flexibility index (Phi) is 5.27. The van der Waals surface area contributed by atoms with Crippen molar-refractivity contribution in [2.45, 2.75) is 20.8 Å². The molecule has 0 aromatic rings. The minimum Gasteiger partial charge on any atom is -0.479 e. The van der Waals surface area contributed by atoms with Crippen molar-refractivity contribution in [3.05, 3.63) is 0 Å². The average Bonchev–Trinajstić information content (AvgIpc) is 2.03. The largest absolute Gasteiger partial charge is 0.479 e. The highest BCUT2D eigenvalue weighted by Gasteiger charge is 2.20. The Morgan fingerprint density at radius 1 is 1.62 bits per heavy atom. The molecule has 0 aromatic heterocycles. The number of nitrogens with zero attached hydrogens (tertiary/aromatic N) is 1. The second kappa shape index (κ2) is 5.41. The van der Waals surface area contributed by atoms with E-state index < -0.39 is 5.97 Å². The van der Waals surface area contributed by atoms with Crippen molar-refractivity contribution in [1.29, 1.82) is 0 Å². The van der Waals surface area contributed by atoms with E-state index >= 15 is 0 Å². The zero-order valence-corrected chi connectivity index (χ0v) is 10.2. The van der Waals surface area contributed by atoms with Crippen molar-refractivity contribution < 1.29 is 14.7 Å². The number of oxime groups is 1. The van der Waals surface area contributed by atoms with Crippen molar-refractivity contribution in [3.8, 4) is 0 Å². The van der Waals surface area contributed by atoms with E-state index in [2.05, 4.69) is 32.6 Å². The molecular formula is C8H14INO3. The molecular weight excluding hydrogens is 285 g/mol. The second-order valence-corrected chi connectivity index (χ2v) is 4.12. The topological polar surface area (TPSA) is 58.9 Å². The molecule has 0 saturated carbocycles. The molecule has 1 N–H and O–H groups in total. The van der Waals surface area contributed by atoms with Gasteiger partial charge in [-0.05, 0) is 6.92 Å². The molecule has 76 valence electrons. The van der Waals surface area contributed by atoms with E-state index in [1.807, 2.05) is 20.8 Å². The highest BCUT2D eigenvalue weighted by molar-refractivity contribution is 14.1. The van der Waals surface area contributed by atoms with Crippen molar-refractivity contribution in [2.24, 2.45) is 10.6 Å². The van der Waals surface area contributed by atoms with Crippen LogP contribution in [0.5, 0.6) is 0 Å². The third-order valence-corrected chi connectivity index (χ3v) is 3.61. The molecule has 0 atom stereocenters. The molecule has 0 rings (SSSR count). The maximum atomic E-state index is 10.1. The summed E-state index contributed by atoms with van der Waals surface area (Å²) in [5.41, 5.74) is 0.766. The number of carboxylic acid groups (broad SMARTS) is 1. The van der Waals surface area contributed by atoms with E-state index in [1.165, 1.54) is 0 Å². The van der Waals surface area contributed by atoms with Crippen LogP contribution in [-0.4, -0.2) is 27.8 Å². The summed E-state index contributed by atoms with van der Waals surface area (Å²) in [5.74, 6) is -1.01. The van der Waals surface area contributed by atoms with Crippen LogP contribution in [0.1, 0.15) is 20.8 Å². The number of alkyl halides is 1. The van der Waals surface area contributed by atoms with Gasteiger partial charge in [0.2, 0.25) is 6.61 Å². The van der Waals surface area contributed by atoms with Gasteiger partial charge in [0.1, 0.15) is 0 Å². The number of hydrogen-bond donors (Lipinski definition) is 1. The molecule has 0 aliphatic carbocycles. The zero-order valence-electron chi connectivity index (χ0n) is 8.00. The molecule has 0 aliphatic rings. The van der Waals surface area contributed by atoms with Crippen LogP contribution in [0.15, 0.2) is 5.16 Å². The molecule has 0 unspecified atom stereocenters. The normalized spacial score (nSPS) is 12.8. The van der Waals surface area contributed by atoms with Gasteiger partial charge >= 0.3 is 5.97 Å². The average molecular weight is 299 g/mol. The summed E-state index contributed by atoms with van der Waals surface area (Å²) in [6.07, 6.45) is 0. The number of halogens is 1. The van der Waals surface area contributed by atoms with Gasteiger partial charge < -0.3 is 9.94 Å². The van der Waals surface area contributed by atoms with E-state index in [4.69, 9.17) is 5.11 Å². The lowest BCUT2D eigenvalue weighted by atomic mass is 9.91. The lowest BCUT2D eigenvalue weighted by Crippen LogP contribution is -2.23. The SMILES string of the molecule is C/C(=N\OCC(=O)O)C(C)(C)CI. The maximum Gasteiger partial charge on any atom is 0.344 e. The smallest absolute Gasteiger partial charge is 0.344 e. The van der Waals surface area contributed by atoms with E-state index in [0.29, 0.717) is 0 Å². The number of carbonyl (C=O) groups is 1. The van der Waals surface area contributed by atoms with E-state index in [0.717, 1.165) is 10.1 Å². The fraction of sp³-hybridized carbons (Fsp3) is 0.750. The Balaban J connectivity index is 4.09. The summed E-state index contributed by atoms with van der Waals surface area (Å²) in [7, 11) is 0. The van der Waals surface area contributed by atoms with Gasteiger partial charge in [0.25, 0.3) is 0 Å². The van der Waals surface area contributed by atoms with E-state index in [-0.39, 0.29) is 12.0 Å². The van der Waals surface area contributed by atoms with Gasteiger partial charge in [-0.2, -0.15) is 0 Å². The van der Waals surface area contributed by atoms with Crippen LogP contribution in [0.4, 0.5) is 0 Å². The van der Waals surface area contributed by atoms with Crippen LogP contribution in [0.3, 0.4) is 0 Å². The Hall–Kier alpha value is -0.330. The van der Waals surface area contributed by atoms with Gasteiger partial charge in [-0.1, -0.05) is 41.6 Å². The van der Waals surface area contributed by atoms with Gasteiger partial charge in [-0.15, -0.1) is 0 Å². The minimum atomic E-state index is -1.01. The lowest BCUT2D eigenvalue weighted by molar-refractivity contribution is -0.142. The molecule has 0 amide bonds. The van der Waals surface area contributed by atoms with Gasteiger partial charge in [0.15, 0.2) is 0 Å². The van der Waals surface area contributed by atoms with Crippen LogP contribution in [0, 0.1) is 5.41 Å². The fourth-order valence-electron chi connectivity index (χ4n) is 0.405. The Morgan fingerprint density at radius 2 is 2.15 bits per heavy atom. The standard InChI is InChI=1S/C8H14INO3/c1-6(8(2,3)5-9)10-13-4-7(11)12/h4-5H2,1-3H3,(H,11,12)/b10-6+. The first-order valence-electron chi connectivity index (χ1n) is 3.85. The molecule has 0 aromatic carbocycles. The van der Waals surface area contributed by atoms with Crippen LogP contribution >= 0.6 is 22.6 Å².